The number of hydrogen-bond donors (Lipinski definition) is 2. The highest BCUT2D eigenvalue weighted by Gasteiger charge is 2.41. The molecule has 248 valence electrons. The van der Waals surface area contributed by atoms with Crippen LogP contribution in [0.1, 0.15) is 34.6 Å². The minimum Gasteiger partial charge on any atom is -0.495 e. The van der Waals surface area contributed by atoms with Crippen LogP contribution in [0.4, 0.5) is 5.69 Å². The summed E-state index contributed by atoms with van der Waals surface area (Å²) in [6, 6.07) is 11.6. The number of nitrogens with one attached hydrogen (secondary N) is 1. The summed E-state index contributed by atoms with van der Waals surface area (Å²) in [5.41, 5.74) is -0.438. The van der Waals surface area contributed by atoms with Crippen molar-refractivity contribution in [2.75, 3.05) is 26.6 Å². The number of carboxylic acids is 1. The van der Waals surface area contributed by atoms with Gasteiger partial charge in [0, 0.05) is 18.3 Å². The SMILES string of the molecule is COc1ccc(Br)cc1NC(=O)[C@@H](OC(=O)c1ccc(OC(C)=O)c(OC)c1)[C@@H](OC(=O)c1ccc(OC(C)=O)c(OC)c1)C(=O)O. The minimum absolute atomic E-state index is 0.0277. The Bertz CT molecular complexity index is 1710. The molecular weight excluding hydrogens is 690 g/mol. The molecule has 0 aliphatic carbocycles. The van der Waals surface area contributed by atoms with E-state index in [1.807, 2.05) is 0 Å². The quantitative estimate of drug-likeness (QED) is 0.191. The molecule has 16 heteroatoms. The summed E-state index contributed by atoms with van der Waals surface area (Å²) in [5.74, 6) is -6.88. The van der Waals surface area contributed by atoms with Gasteiger partial charge in [-0.15, -0.1) is 0 Å². The molecule has 47 heavy (non-hydrogen) atoms. The third kappa shape index (κ3) is 9.43. The summed E-state index contributed by atoms with van der Waals surface area (Å²) in [6.45, 7) is 2.31. The smallest absolute Gasteiger partial charge is 0.349 e. The van der Waals surface area contributed by atoms with Crippen LogP contribution in [-0.2, 0) is 28.7 Å². The molecular formula is C31H28BrNO14. The van der Waals surface area contributed by atoms with Crippen molar-refractivity contribution in [2.24, 2.45) is 0 Å². The second kappa shape index (κ2) is 16.1. The first-order valence-corrected chi connectivity index (χ1v) is 14.1. The standard InChI is InChI=1S/C31H28BrNO14/c1-15(34)44-22-9-6-17(12-24(22)42-4)30(39)46-26(28(36)33-20-14-19(32)8-11-21(20)41-3)27(29(37)38)47-31(40)18-7-10-23(45-16(2)35)25(13-18)43-5/h6-14,26-27H,1-5H3,(H,33,36)(H,37,38)/t26-,27+/m0/s1. The van der Waals surface area contributed by atoms with Gasteiger partial charge in [-0.3, -0.25) is 14.4 Å². The summed E-state index contributed by atoms with van der Waals surface area (Å²) in [6.07, 6.45) is -4.68. The van der Waals surface area contributed by atoms with E-state index in [1.54, 1.807) is 6.07 Å². The van der Waals surface area contributed by atoms with Gasteiger partial charge in [-0.2, -0.15) is 0 Å². The van der Waals surface area contributed by atoms with Gasteiger partial charge in [0.1, 0.15) is 5.75 Å². The molecule has 0 aromatic heterocycles. The number of carbonyl (C=O) groups excluding carboxylic acids is 5. The fraction of sp³-hybridized carbons (Fsp3) is 0.226. The molecule has 0 aliphatic heterocycles. The van der Waals surface area contributed by atoms with Crippen molar-refractivity contribution in [3.05, 3.63) is 70.2 Å². The van der Waals surface area contributed by atoms with Crippen LogP contribution < -0.4 is 29.0 Å². The van der Waals surface area contributed by atoms with Crippen LogP contribution in [0.2, 0.25) is 0 Å². The van der Waals surface area contributed by atoms with Crippen LogP contribution in [0, 0.1) is 0 Å². The van der Waals surface area contributed by atoms with E-state index >= 15 is 0 Å². The number of halogens is 1. The number of amides is 1. The lowest BCUT2D eigenvalue weighted by Gasteiger charge is -2.24. The second-order valence-corrected chi connectivity index (χ2v) is 10.2. The second-order valence-electron chi connectivity index (χ2n) is 9.24. The van der Waals surface area contributed by atoms with Gasteiger partial charge in [0.15, 0.2) is 23.0 Å². The largest absolute Gasteiger partial charge is 0.495 e. The number of methoxy groups -OCH3 is 3. The number of anilines is 1. The van der Waals surface area contributed by atoms with Crippen molar-refractivity contribution < 1.29 is 67.0 Å². The van der Waals surface area contributed by atoms with E-state index in [9.17, 15) is 33.9 Å². The average molecular weight is 718 g/mol. The Kier molecular flexibility index (Phi) is 12.3. The van der Waals surface area contributed by atoms with Crippen LogP contribution in [0.15, 0.2) is 59.1 Å². The van der Waals surface area contributed by atoms with Crippen molar-refractivity contribution in [1.29, 1.82) is 0 Å². The monoisotopic (exact) mass is 717 g/mol. The fourth-order valence-electron chi connectivity index (χ4n) is 3.91. The number of rotatable bonds is 13. The third-order valence-corrected chi connectivity index (χ3v) is 6.46. The molecule has 0 aliphatic rings. The topological polar surface area (TPSA) is 199 Å². The maximum absolute atomic E-state index is 13.6. The van der Waals surface area contributed by atoms with Crippen molar-refractivity contribution >= 4 is 57.4 Å². The van der Waals surface area contributed by atoms with E-state index in [-0.39, 0.29) is 45.6 Å². The van der Waals surface area contributed by atoms with Crippen molar-refractivity contribution in [3.63, 3.8) is 0 Å². The maximum Gasteiger partial charge on any atom is 0.349 e. The molecule has 0 fully saturated rings. The van der Waals surface area contributed by atoms with Crippen molar-refractivity contribution in [2.45, 2.75) is 26.1 Å². The summed E-state index contributed by atoms with van der Waals surface area (Å²) >= 11 is 3.26. The van der Waals surface area contributed by atoms with E-state index in [1.165, 1.54) is 51.7 Å². The number of carboxylic acid groups (broad SMARTS) is 1. The number of carbonyl (C=O) groups is 6. The zero-order valence-electron chi connectivity index (χ0n) is 25.5. The highest BCUT2D eigenvalue weighted by atomic mass is 79.9. The van der Waals surface area contributed by atoms with E-state index in [4.69, 9.17) is 33.2 Å². The Balaban J connectivity index is 2.02. The molecule has 0 saturated carbocycles. The highest BCUT2D eigenvalue weighted by molar-refractivity contribution is 9.10. The van der Waals surface area contributed by atoms with E-state index in [2.05, 4.69) is 21.2 Å². The molecule has 3 rings (SSSR count). The Hall–Kier alpha value is -5.64. The molecule has 3 aromatic rings. The zero-order chi connectivity index (χ0) is 34.8. The predicted molar refractivity (Wildman–Crippen MR) is 164 cm³/mol. The van der Waals surface area contributed by atoms with Gasteiger partial charge < -0.3 is 43.6 Å². The summed E-state index contributed by atoms with van der Waals surface area (Å²) in [5, 5.41) is 12.5. The molecule has 2 atom stereocenters. The Morgan fingerprint density at radius 3 is 1.51 bits per heavy atom. The first-order valence-electron chi connectivity index (χ1n) is 13.3. The van der Waals surface area contributed by atoms with Crippen LogP contribution in [0.3, 0.4) is 0 Å². The van der Waals surface area contributed by atoms with Gasteiger partial charge in [-0.05, 0) is 54.6 Å². The molecule has 0 unspecified atom stereocenters. The average Bonchev–Trinajstić information content (AvgIpc) is 3.02. The van der Waals surface area contributed by atoms with E-state index in [0.717, 1.165) is 32.0 Å². The first-order chi connectivity index (χ1) is 22.3. The Morgan fingerprint density at radius 1 is 0.638 bits per heavy atom. The van der Waals surface area contributed by atoms with Crippen LogP contribution in [0.5, 0.6) is 28.7 Å². The van der Waals surface area contributed by atoms with E-state index < -0.39 is 48.0 Å². The van der Waals surface area contributed by atoms with Gasteiger partial charge in [-0.1, -0.05) is 15.9 Å². The number of ether oxygens (including phenoxy) is 7. The fourth-order valence-corrected chi connectivity index (χ4v) is 4.27. The van der Waals surface area contributed by atoms with Gasteiger partial charge in [0.25, 0.3) is 5.91 Å². The molecule has 0 heterocycles. The molecule has 0 radical (unpaired) electrons. The zero-order valence-corrected chi connectivity index (χ0v) is 27.1. The summed E-state index contributed by atoms with van der Waals surface area (Å²) < 4.78 is 36.6. The summed E-state index contributed by atoms with van der Waals surface area (Å²) in [7, 11) is 3.81. The van der Waals surface area contributed by atoms with Crippen molar-refractivity contribution in [1.82, 2.24) is 0 Å². The van der Waals surface area contributed by atoms with Crippen molar-refractivity contribution in [3.8, 4) is 28.7 Å². The molecule has 0 bridgehead atoms. The Labute approximate surface area is 275 Å². The number of esters is 4. The highest BCUT2D eigenvalue weighted by Crippen LogP contribution is 2.31. The van der Waals surface area contributed by atoms with Gasteiger partial charge in [-0.25, -0.2) is 14.4 Å². The predicted octanol–water partition coefficient (Wildman–Crippen LogP) is 3.80. The van der Waals surface area contributed by atoms with Gasteiger partial charge in [0.05, 0.1) is 38.1 Å². The molecule has 0 saturated heterocycles. The Morgan fingerprint density at radius 2 is 1.09 bits per heavy atom. The molecule has 3 aromatic carbocycles. The number of benzene rings is 3. The molecule has 0 spiro atoms. The first kappa shape index (κ1) is 35.8. The maximum atomic E-state index is 13.6. The number of hydrogen-bond acceptors (Lipinski definition) is 13. The van der Waals surface area contributed by atoms with Crippen LogP contribution in [0.25, 0.3) is 0 Å². The number of aliphatic carboxylic acids is 1. The van der Waals surface area contributed by atoms with Gasteiger partial charge >= 0.3 is 29.8 Å². The summed E-state index contributed by atoms with van der Waals surface area (Å²) in [4.78, 5) is 75.3. The molecule has 1 amide bonds. The van der Waals surface area contributed by atoms with Gasteiger partial charge in [0.2, 0.25) is 12.2 Å². The minimum atomic E-state index is -2.40. The van der Waals surface area contributed by atoms with Crippen LogP contribution >= 0.6 is 15.9 Å². The van der Waals surface area contributed by atoms with Crippen LogP contribution in [-0.4, -0.2) is 74.4 Å². The normalized spacial score (nSPS) is 11.6. The third-order valence-electron chi connectivity index (χ3n) is 5.97. The molecule has 2 N–H and O–H groups in total. The lowest BCUT2D eigenvalue weighted by molar-refractivity contribution is -0.157. The molecule has 15 nitrogen and oxygen atoms in total. The lowest BCUT2D eigenvalue weighted by Crippen LogP contribution is -2.48. The van der Waals surface area contributed by atoms with E-state index in [0.29, 0.717) is 4.47 Å². The lowest BCUT2D eigenvalue weighted by atomic mass is 10.1.